The van der Waals surface area contributed by atoms with Crippen molar-refractivity contribution in [3.8, 4) is 0 Å². The van der Waals surface area contributed by atoms with Gasteiger partial charge in [0, 0.05) is 5.92 Å². The van der Waals surface area contributed by atoms with E-state index in [1.165, 1.54) is 24.0 Å². The van der Waals surface area contributed by atoms with Crippen molar-refractivity contribution in [1.29, 1.82) is 0 Å². The second-order valence-corrected chi connectivity index (χ2v) is 7.47. The zero-order valence-electron chi connectivity index (χ0n) is 14.5. The molecule has 0 aliphatic heterocycles. The summed E-state index contributed by atoms with van der Waals surface area (Å²) in [6.07, 6.45) is 6.30. The highest BCUT2D eigenvalue weighted by Crippen LogP contribution is 2.57. The van der Waals surface area contributed by atoms with Gasteiger partial charge in [-0.3, -0.25) is 4.79 Å². The Kier molecular flexibility index (Phi) is 4.99. The number of rotatable bonds is 6. The number of carboxylic acid groups (broad SMARTS) is 1. The van der Waals surface area contributed by atoms with Crippen LogP contribution in [0.25, 0.3) is 0 Å². The highest BCUT2D eigenvalue weighted by molar-refractivity contribution is 5.76. The zero-order chi connectivity index (χ0) is 16.4. The zero-order valence-corrected chi connectivity index (χ0v) is 14.5. The lowest BCUT2D eigenvalue weighted by Gasteiger charge is -2.50. The summed E-state index contributed by atoms with van der Waals surface area (Å²) >= 11 is 0. The highest BCUT2D eigenvalue weighted by Gasteiger charge is 2.51. The molecule has 0 heterocycles. The van der Waals surface area contributed by atoms with Gasteiger partial charge in [-0.15, -0.1) is 0 Å². The molecule has 2 rings (SSSR count). The van der Waals surface area contributed by atoms with E-state index in [9.17, 15) is 9.90 Å². The molecule has 1 N–H and O–H groups in total. The van der Waals surface area contributed by atoms with E-state index < -0.39 is 11.4 Å². The molecule has 22 heavy (non-hydrogen) atoms. The molecule has 0 amide bonds. The molecular formula is C20H30O2. The average Bonchev–Trinajstić information content (AvgIpc) is 2.52. The van der Waals surface area contributed by atoms with Crippen molar-refractivity contribution < 1.29 is 9.90 Å². The largest absolute Gasteiger partial charge is 0.481 e. The van der Waals surface area contributed by atoms with Crippen LogP contribution in [0.15, 0.2) is 24.3 Å². The molecule has 1 aromatic rings. The van der Waals surface area contributed by atoms with Crippen molar-refractivity contribution >= 4 is 5.97 Å². The molecular weight excluding hydrogens is 272 g/mol. The second kappa shape index (κ2) is 6.44. The molecule has 2 heteroatoms. The van der Waals surface area contributed by atoms with Crippen LogP contribution in [-0.4, -0.2) is 11.1 Å². The minimum Gasteiger partial charge on any atom is -0.481 e. The van der Waals surface area contributed by atoms with Crippen LogP contribution in [0.3, 0.4) is 0 Å². The Morgan fingerprint density at radius 2 is 2.05 bits per heavy atom. The number of unbranched alkanes of at least 4 members (excludes halogenated alkanes) is 1. The van der Waals surface area contributed by atoms with Crippen LogP contribution >= 0.6 is 0 Å². The van der Waals surface area contributed by atoms with Crippen LogP contribution in [0.5, 0.6) is 0 Å². The SMILES string of the molecule is CCCCC1(C)CCc2ccccc2C1C(C)(CC)C(=O)O. The summed E-state index contributed by atoms with van der Waals surface area (Å²) < 4.78 is 0. The predicted molar refractivity (Wildman–Crippen MR) is 91.2 cm³/mol. The molecule has 1 aliphatic carbocycles. The Morgan fingerprint density at radius 1 is 1.36 bits per heavy atom. The van der Waals surface area contributed by atoms with E-state index in [0.717, 1.165) is 19.3 Å². The number of carboxylic acids is 1. The summed E-state index contributed by atoms with van der Waals surface area (Å²) in [5.41, 5.74) is 2.01. The molecule has 0 bridgehead atoms. The van der Waals surface area contributed by atoms with Gasteiger partial charge < -0.3 is 5.11 Å². The van der Waals surface area contributed by atoms with Crippen LogP contribution in [-0.2, 0) is 11.2 Å². The third-order valence-electron chi connectivity index (χ3n) is 5.99. The van der Waals surface area contributed by atoms with E-state index in [2.05, 4.69) is 38.1 Å². The molecule has 1 aliphatic rings. The Morgan fingerprint density at radius 3 is 2.64 bits per heavy atom. The van der Waals surface area contributed by atoms with E-state index in [-0.39, 0.29) is 11.3 Å². The first-order chi connectivity index (χ1) is 10.4. The van der Waals surface area contributed by atoms with Crippen molar-refractivity contribution in [2.75, 3.05) is 0 Å². The first-order valence-electron chi connectivity index (χ1n) is 8.70. The maximum Gasteiger partial charge on any atom is 0.309 e. The molecule has 0 spiro atoms. The van der Waals surface area contributed by atoms with E-state index in [1.54, 1.807) is 0 Å². The molecule has 1 aromatic carbocycles. The molecule has 122 valence electrons. The van der Waals surface area contributed by atoms with Gasteiger partial charge in [-0.25, -0.2) is 0 Å². The summed E-state index contributed by atoms with van der Waals surface area (Å²) in [6, 6.07) is 8.49. The third-order valence-corrected chi connectivity index (χ3v) is 5.99. The smallest absolute Gasteiger partial charge is 0.309 e. The van der Waals surface area contributed by atoms with Crippen LogP contribution in [0, 0.1) is 10.8 Å². The molecule has 0 aromatic heterocycles. The number of benzene rings is 1. The van der Waals surface area contributed by atoms with Crippen LogP contribution in [0.2, 0.25) is 0 Å². The van der Waals surface area contributed by atoms with Crippen molar-refractivity contribution in [3.05, 3.63) is 35.4 Å². The first kappa shape index (κ1) is 17.1. The van der Waals surface area contributed by atoms with Crippen molar-refractivity contribution in [1.82, 2.24) is 0 Å². The minimum absolute atomic E-state index is 0.0769. The van der Waals surface area contributed by atoms with Crippen LogP contribution in [0.1, 0.15) is 76.8 Å². The van der Waals surface area contributed by atoms with E-state index in [1.807, 2.05) is 13.8 Å². The van der Waals surface area contributed by atoms with Gasteiger partial charge in [-0.1, -0.05) is 57.9 Å². The van der Waals surface area contributed by atoms with Gasteiger partial charge in [0.15, 0.2) is 0 Å². The van der Waals surface area contributed by atoms with Crippen molar-refractivity contribution in [3.63, 3.8) is 0 Å². The Bertz CT molecular complexity index is 536. The van der Waals surface area contributed by atoms with Crippen LogP contribution in [0.4, 0.5) is 0 Å². The topological polar surface area (TPSA) is 37.3 Å². The molecule has 0 radical (unpaired) electrons. The standard InChI is InChI=1S/C20H30O2/c1-5-7-13-19(3)14-12-15-10-8-9-11-16(15)17(19)20(4,6-2)18(21)22/h8-11,17H,5-7,12-14H2,1-4H3,(H,21,22). The first-order valence-corrected chi connectivity index (χ1v) is 8.70. The number of fused-ring (bicyclic) bond motifs is 1. The van der Waals surface area contributed by atoms with Gasteiger partial charge in [0.25, 0.3) is 0 Å². The van der Waals surface area contributed by atoms with E-state index in [4.69, 9.17) is 0 Å². The number of hydrogen-bond donors (Lipinski definition) is 1. The summed E-state index contributed by atoms with van der Waals surface area (Å²) in [4.78, 5) is 12.1. The Hall–Kier alpha value is -1.31. The maximum atomic E-state index is 12.1. The lowest BCUT2D eigenvalue weighted by molar-refractivity contribution is -0.152. The fourth-order valence-electron chi connectivity index (χ4n) is 4.42. The highest BCUT2D eigenvalue weighted by atomic mass is 16.4. The van der Waals surface area contributed by atoms with Crippen molar-refractivity contribution in [2.24, 2.45) is 10.8 Å². The maximum absolute atomic E-state index is 12.1. The monoisotopic (exact) mass is 302 g/mol. The van der Waals surface area contributed by atoms with Gasteiger partial charge in [-0.2, -0.15) is 0 Å². The summed E-state index contributed by atoms with van der Waals surface area (Å²) in [6.45, 7) is 8.50. The lowest BCUT2D eigenvalue weighted by atomic mass is 9.53. The molecule has 0 fully saturated rings. The van der Waals surface area contributed by atoms with Crippen LogP contribution < -0.4 is 0 Å². The summed E-state index contributed by atoms with van der Waals surface area (Å²) in [5, 5.41) is 9.97. The van der Waals surface area contributed by atoms with Gasteiger partial charge in [0.1, 0.15) is 0 Å². The van der Waals surface area contributed by atoms with Gasteiger partial charge >= 0.3 is 5.97 Å². The fourth-order valence-corrected chi connectivity index (χ4v) is 4.42. The molecule has 0 saturated carbocycles. The number of aryl methyl sites for hydroxylation is 1. The normalized spacial score (nSPS) is 27.0. The lowest BCUT2D eigenvalue weighted by Crippen LogP contribution is -2.45. The van der Waals surface area contributed by atoms with Gasteiger partial charge in [-0.05, 0) is 49.1 Å². The number of aliphatic carboxylic acids is 1. The Labute approximate surface area is 134 Å². The number of hydrogen-bond acceptors (Lipinski definition) is 1. The summed E-state index contributed by atoms with van der Waals surface area (Å²) in [7, 11) is 0. The molecule has 3 unspecified atom stereocenters. The molecule has 3 atom stereocenters. The fraction of sp³-hybridized carbons (Fsp3) is 0.650. The van der Waals surface area contributed by atoms with E-state index in [0.29, 0.717) is 6.42 Å². The average molecular weight is 302 g/mol. The second-order valence-electron chi connectivity index (χ2n) is 7.47. The van der Waals surface area contributed by atoms with Gasteiger partial charge in [0.05, 0.1) is 5.41 Å². The summed E-state index contributed by atoms with van der Waals surface area (Å²) in [5.74, 6) is -0.557. The molecule has 0 saturated heterocycles. The molecule has 2 nitrogen and oxygen atoms in total. The van der Waals surface area contributed by atoms with Gasteiger partial charge in [0.2, 0.25) is 0 Å². The minimum atomic E-state index is -0.695. The quantitative estimate of drug-likeness (QED) is 0.762. The number of carbonyl (C=O) groups is 1. The third kappa shape index (κ3) is 2.80. The Balaban J connectivity index is 2.56. The van der Waals surface area contributed by atoms with E-state index >= 15 is 0 Å². The predicted octanol–water partition coefficient (Wildman–Crippen LogP) is 5.41. The van der Waals surface area contributed by atoms with Crippen molar-refractivity contribution in [2.45, 2.75) is 72.1 Å².